The number of carbonyl (C=O) groups excluding carboxylic acids is 2. The van der Waals surface area contributed by atoms with Gasteiger partial charge in [0.1, 0.15) is 6.10 Å². The summed E-state index contributed by atoms with van der Waals surface area (Å²) in [6.45, 7) is 6.39. The van der Waals surface area contributed by atoms with Gasteiger partial charge in [0.05, 0.1) is 25.2 Å². The fraction of sp³-hybridized carbons (Fsp3) is 0.782. The second-order valence-corrected chi connectivity index (χ2v) is 17.7. The summed E-state index contributed by atoms with van der Waals surface area (Å²) in [5, 5.41) is 23.8. The van der Waals surface area contributed by atoms with E-state index in [-0.39, 0.29) is 24.9 Å². The van der Waals surface area contributed by atoms with Gasteiger partial charge in [0.25, 0.3) is 0 Å². The van der Waals surface area contributed by atoms with Gasteiger partial charge in [0, 0.05) is 6.42 Å². The van der Waals surface area contributed by atoms with Crippen LogP contribution in [0.1, 0.15) is 252 Å². The minimum absolute atomic E-state index is 0.0503. The number of hydrogen-bond acceptors (Lipinski definition) is 5. The lowest BCUT2D eigenvalue weighted by Gasteiger charge is -2.24. The maximum absolute atomic E-state index is 13.2. The first-order chi connectivity index (χ1) is 30.0. The molecule has 0 rings (SSSR count). The SMILES string of the molecule is CCC/C=C/C=C/C=C/C=C/C=C/CCCCCC(CC(=O)NC(CO)C(O)CCCCCCCCCCCCCCC)OC(=O)CCCCCCCCCCCCCCC. The van der Waals surface area contributed by atoms with Crippen LogP contribution in [-0.4, -0.2) is 46.9 Å². The summed E-state index contributed by atoms with van der Waals surface area (Å²) in [7, 11) is 0. The van der Waals surface area contributed by atoms with Crippen LogP contribution in [0.5, 0.6) is 0 Å². The van der Waals surface area contributed by atoms with Crippen LogP contribution >= 0.6 is 0 Å². The molecule has 0 aromatic rings. The lowest BCUT2D eigenvalue weighted by atomic mass is 10.0. The summed E-state index contributed by atoms with van der Waals surface area (Å²) in [6, 6.07) is -0.715. The van der Waals surface area contributed by atoms with E-state index < -0.39 is 18.2 Å². The van der Waals surface area contributed by atoms with Crippen LogP contribution in [0.3, 0.4) is 0 Å². The van der Waals surface area contributed by atoms with Crippen molar-refractivity contribution in [2.75, 3.05) is 6.61 Å². The van der Waals surface area contributed by atoms with Crippen LogP contribution in [-0.2, 0) is 14.3 Å². The Hall–Kier alpha value is -2.44. The Morgan fingerprint density at radius 1 is 0.475 bits per heavy atom. The largest absolute Gasteiger partial charge is 0.462 e. The number of aliphatic hydroxyl groups is 2. The highest BCUT2D eigenvalue weighted by Gasteiger charge is 2.24. The first-order valence-electron chi connectivity index (χ1n) is 26.1. The molecule has 6 heteroatoms. The Morgan fingerprint density at radius 2 is 0.869 bits per heavy atom. The summed E-state index contributed by atoms with van der Waals surface area (Å²) < 4.78 is 5.92. The van der Waals surface area contributed by atoms with Crippen LogP contribution in [0.25, 0.3) is 0 Å². The molecule has 0 bridgehead atoms. The number of esters is 1. The zero-order chi connectivity index (χ0) is 44.5. The highest BCUT2D eigenvalue weighted by molar-refractivity contribution is 5.77. The quantitative estimate of drug-likeness (QED) is 0.0322. The summed E-state index contributed by atoms with van der Waals surface area (Å²) in [6.07, 6.45) is 59.8. The Kier molecular flexibility index (Phi) is 46.6. The molecule has 354 valence electrons. The monoisotopic (exact) mass is 854 g/mol. The van der Waals surface area contributed by atoms with Crippen LogP contribution in [0.15, 0.2) is 60.8 Å². The number of ether oxygens (including phenoxy) is 1. The minimum atomic E-state index is -0.799. The number of rotatable bonds is 46. The van der Waals surface area contributed by atoms with E-state index in [0.29, 0.717) is 19.3 Å². The van der Waals surface area contributed by atoms with Crippen molar-refractivity contribution < 1.29 is 24.5 Å². The Balaban J connectivity index is 4.68. The standard InChI is InChI=1S/C55H99NO5/c1-4-7-10-13-16-19-22-25-26-27-30-31-34-37-40-43-46-51(61-55(60)48-45-42-39-36-33-29-24-21-18-15-12-9-6-3)49-54(59)56-52(50-57)53(58)47-44-41-38-35-32-28-23-20-17-14-11-8-5-2/h10,13,16,19,22,25-27,30-31,51-53,57-58H,4-9,11-12,14-15,17-18,20-21,23-24,28-29,32-50H2,1-3H3,(H,56,59)/b13-10+,19-16+,25-22+,27-26+,31-30+. The normalized spacial score (nSPS) is 13.7. The number of amides is 1. The third kappa shape index (κ3) is 44.0. The van der Waals surface area contributed by atoms with Crippen molar-refractivity contribution in [1.82, 2.24) is 5.32 Å². The van der Waals surface area contributed by atoms with E-state index in [0.717, 1.165) is 70.6 Å². The topological polar surface area (TPSA) is 95.9 Å². The van der Waals surface area contributed by atoms with E-state index in [2.05, 4.69) is 50.4 Å². The molecule has 0 heterocycles. The lowest BCUT2D eigenvalue weighted by molar-refractivity contribution is -0.151. The molecule has 61 heavy (non-hydrogen) atoms. The third-order valence-electron chi connectivity index (χ3n) is 11.7. The van der Waals surface area contributed by atoms with Crippen molar-refractivity contribution in [3.05, 3.63) is 60.8 Å². The van der Waals surface area contributed by atoms with Gasteiger partial charge < -0.3 is 20.3 Å². The van der Waals surface area contributed by atoms with Crippen molar-refractivity contribution in [3.8, 4) is 0 Å². The Morgan fingerprint density at radius 3 is 1.33 bits per heavy atom. The summed E-state index contributed by atoms with van der Waals surface area (Å²) >= 11 is 0. The number of nitrogens with one attached hydrogen (secondary N) is 1. The molecule has 0 radical (unpaired) electrons. The van der Waals surface area contributed by atoms with Crippen molar-refractivity contribution in [2.24, 2.45) is 0 Å². The Bertz CT molecular complexity index is 1090. The molecule has 6 nitrogen and oxygen atoms in total. The smallest absolute Gasteiger partial charge is 0.306 e. The second kappa shape index (κ2) is 48.6. The molecule has 3 atom stereocenters. The lowest BCUT2D eigenvalue weighted by Crippen LogP contribution is -2.46. The average molecular weight is 854 g/mol. The number of unbranched alkanes of at least 4 members (excludes halogenated alkanes) is 28. The van der Waals surface area contributed by atoms with E-state index in [1.165, 1.54) is 135 Å². The van der Waals surface area contributed by atoms with E-state index in [1.54, 1.807) is 0 Å². The van der Waals surface area contributed by atoms with Crippen LogP contribution in [0, 0.1) is 0 Å². The van der Waals surface area contributed by atoms with Gasteiger partial charge in [-0.05, 0) is 44.9 Å². The van der Waals surface area contributed by atoms with Crippen molar-refractivity contribution in [1.29, 1.82) is 0 Å². The summed E-state index contributed by atoms with van der Waals surface area (Å²) in [5.74, 6) is -0.510. The van der Waals surface area contributed by atoms with Crippen LogP contribution in [0.4, 0.5) is 0 Å². The molecule has 0 saturated carbocycles. The fourth-order valence-electron chi connectivity index (χ4n) is 7.76. The highest BCUT2D eigenvalue weighted by Crippen LogP contribution is 2.18. The molecule has 0 aromatic heterocycles. The molecule has 0 fully saturated rings. The number of hydrogen-bond donors (Lipinski definition) is 3. The first kappa shape index (κ1) is 58.6. The molecule has 0 spiro atoms. The average Bonchev–Trinajstić information content (AvgIpc) is 3.25. The van der Waals surface area contributed by atoms with Gasteiger partial charge in [-0.1, -0.05) is 255 Å². The predicted molar refractivity (Wildman–Crippen MR) is 264 cm³/mol. The Labute approximate surface area is 378 Å². The third-order valence-corrected chi connectivity index (χ3v) is 11.7. The van der Waals surface area contributed by atoms with Gasteiger partial charge in [0.2, 0.25) is 5.91 Å². The van der Waals surface area contributed by atoms with Crippen molar-refractivity contribution in [3.63, 3.8) is 0 Å². The van der Waals surface area contributed by atoms with Crippen molar-refractivity contribution >= 4 is 11.9 Å². The number of aliphatic hydroxyl groups excluding tert-OH is 2. The number of carbonyl (C=O) groups is 2. The molecular weight excluding hydrogens is 755 g/mol. The maximum atomic E-state index is 13.2. The zero-order valence-corrected chi connectivity index (χ0v) is 40.3. The molecule has 0 aliphatic carbocycles. The molecule has 0 saturated heterocycles. The van der Waals surface area contributed by atoms with E-state index in [4.69, 9.17) is 4.74 Å². The van der Waals surface area contributed by atoms with Gasteiger partial charge in [-0.25, -0.2) is 0 Å². The van der Waals surface area contributed by atoms with Gasteiger partial charge in [0.15, 0.2) is 0 Å². The number of allylic oxidation sites excluding steroid dienone is 10. The summed E-state index contributed by atoms with van der Waals surface area (Å²) in [5.41, 5.74) is 0. The molecule has 1 amide bonds. The van der Waals surface area contributed by atoms with Crippen LogP contribution in [0.2, 0.25) is 0 Å². The summed E-state index contributed by atoms with van der Waals surface area (Å²) in [4.78, 5) is 26.1. The van der Waals surface area contributed by atoms with Crippen LogP contribution < -0.4 is 5.32 Å². The second-order valence-electron chi connectivity index (χ2n) is 17.7. The van der Waals surface area contributed by atoms with E-state index in [1.807, 2.05) is 36.5 Å². The van der Waals surface area contributed by atoms with E-state index in [9.17, 15) is 19.8 Å². The zero-order valence-electron chi connectivity index (χ0n) is 40.3. The molecule has 0 aromatic carbocycles. The predicted octanol–water partition coefficient (Wildman–Crippen LogP) is 15.6. The molecular formula is C55H99NO5. The minimum Gasteiger partial charge on any atom is -0.462 e. The first-order valence-corrected chi connectivity index (χ1v) is 26.1. The van der Waals surface area contributed by atoms with E-state index >= 15 is 0 Å². The van der Waals surface area contributed by atoms with Gasteiger partial charge in [-0.15, -0.1) is 0 Å². The van der Waals surface area contributed by atoms with Gasteiger partial charge >= 0.3 is 5.97 Å². The molecule has 3 unspecified atom stereocenters. The molecule has 3 N–H and O–H groups in total. The van der Waals surface area contributed by atoms with Gasteiger partial charge in [-0.3, -0.25) is 9.59 Å². The maximum Gasteiger partial charge on any atom is 0.306 e. The molecule has 0 aliphatic heterocycles. The highest BCUT2D eigenvalue weighted by atomic mass is 16.5. The van der Waals surface area contributed by atoms with Gasteiger partial charge in [-0.2, -0.15) is 0 Å². The molecule has 0 aliphatic rings. The van der Waals surface area contributed by atoms with Crippen molar-refractivity contribution in [2.45, 2.75) is 270 Å². The fourth-order valence-corrected chi connectivity index (χ4v) is 7.76.